The minimum Gasteiger partial charge on any atom is -0.465 e. The van der Waals surface area contributed by atoms with Gasteiger partial charge in [-0.25, -0.2) is 9.18 Å². The number of nitrogens with one attached hydrogen (secondary N) is 2. The van der Waals surface area contributed by atoms with E-state index in [4.69, 9.17) is 16.7 Å². The molecule has 0 aliphatic carbocycles. The summed E-state index contributed by atoms with van der Waals surface area (Å²) in [6, 6.07) is 17.4. The van der Waals surface area contributed by atoms with Gasteiger partial charge in [0.2, 0.25) is 0 Å². The van der Waals surface area contributed by atoms with Crippen molar-refractivity contribution < 1.29 is 24.2 Å². The first-order valence-corrected chi connectivity index (χ1v) is 14.3. The van der Waals surface area contributed by atoms with E-state index in [9.17, 15) is 19.1 Å². The average Bonchev–Trinajstić information content (AvgIpc) is 2.94. The van der Waals surface area contributed by atoms with Crippen LogP contribution >= 0.6 is 11.6 Å². The molecule has 0 spiro atoms. The van der Waals surface area contributed by atoms with Crippen molar-refractivity contribution >= 4 is 23.6 Å². The van der Waals surface area contributed by atoms with Crippen molar-refractivity contribution in [2.24, 2.45) is 5.92 Å². The molecular weight excluding hydrogens is 545 g/mol. The van der Waals surface area contributed by atoms with Gasteiger partial charge in [-0.3, -0.25) is 4.79 Å². The van der Waals surface area contributed by atoms with Crippen LogP contribution in [-0.2, 0) is 12.1 Å². The quantitative estimate of drug-likeness (QED) is 0.221. The molecule has 7 nitrogen and oxygen atoms in total. The van der Waals surface area contributed by atoms with Crippen LogP contribution in [0.15, 0.2) is 60.7 Å². The summed E-state index contributed by atoms with van der Waals surface area (Å²) in [6.45, 7) is 3.53. The van der Waals surface area contributed by atoms with E-state index in [1.54, 1.807) is 30.0 Å². The molecule has 4 rings (SSSR count). The van der Waals surface area contributed by atoms with Crippen molar-refractivity contribution in [1.29, 1.82) is 0 Å². The number of likely N-dealkylation sites (tertiary alicyclic amines) is 1. The second-order valence-electron chi connectivity index (χ2n) is 10.8. The van der Waals surface area contributed by atoms with Gasteiger partial charge in [0.05, 0.1) is 5.60 Å². The summed E-state index contributed by atoms with van der Waals surface area (Å²) in [5.74, 6) is -0.872. The Hall–Kier alpha value is -3.46. The highest BCUT2D eigenvalue weighted by atomic mass is 35.5. The van der Waals surface area contributed by atoms with Crippen molar-refractivity contribution in [1.82, 2.24) is 15.5 Å². The molecule has 3 aromatic rings. The number of aliphatic hydroxyl groups is 1. The standard InChI is InChI=1S/C32H37ClFN3O4/c1-21-16-24(18-26(34)17-21)29-27(7-3-8-28(29)33)32(41,13-5-14-36-31(39)40)25-6-4-15-37(20-25)30(38)23-11-9-22(10-12-23)19-35-2/h3,7-12,16-18,25,35-36,41H,4-6,13-15,19-20H2,1-2H3,(H,39,40)/t25-,32?/m1/s1. The number of benzene rings is 3. The molecule has 2 amide bonds. The van der Waals surface area contributed by atoms with Gasteiger partial charge in [0.25, 0.3) is 5.91 Å². The monoisotopic (exact) mass is 581 g/mol. The van der Waals surface area contributed by atoms with Gasteiger partial charge in [-0.15, -0.1) is 0 Å². The predicted octanol–water partition coefficient (Wildman–Crippen LogP) is 5.96. The maximum Gasteiger partial charge on any atom is 0.404 e. The number of carboxylic acid groups (broad SMARTS) is 1. The smallest absolute Gasteiger partial charge is 0.404 e. The Balaban J connectivity index is 1.70. The molecule has 1 unspecified atom stereocenters. The zero-order valence-electron chi connectivity index (χ0n) is 23.4. The van der Waals surface area contributed by atoms with Crippen molar-refractivity contribution in [3.8, 4) is 11.1 Å². The van der Waals surface area contributed by atoms with Crippen LogP contribution < -0.4 is 10.6 Å². The lowest BCUT2D eigenvalue weighted by Gasteiger charge is -2.44. The molecule has 9 heteroatoms. The van der Waals surface area contributed by atoms with Crippen LogP contribution in [0, 0.1) is 18.7 Å². The van der Waals surface area contributed by atoms with E-state index in [0.717, 1.165) is 11.1 Å². The summed E-state index contributed by atoms with van der Waals surface area (Å²) in [4.78, 5) is 26.4. The van der Waals surface area contributed by atoms with Gasteiger partial charge >= 0.3 is 6.09 Å². The maximum atomic E-state index is 14.5. The molecule has 4 N–H and O–H groups in total. The van der Waals surface area contributed by atoms with Crippen molar-refractivity contribution in [3.05, 3.63) is 93.8 Å². The molecule has 1 fully saturated rings. The molecule has 2 atom stereocenters. The molecule has 1 saturated heterocycles. The van der Waals surface area contributed by atoms with Crippen LogP contribution in [0.3, 0.4) is 0 Å². The van der Waals surface area contributed by atoms with Crippen molar-refractivity contribution in [3.63, 3.8) is 0 Å². The van der Waals surface area contributed by atoms with E-state index in [1.807, 2.05) is 37.4 Å². The van der Waals surface area contributed by atoms with Crippen LogP contribution in [-0.4, -0.2) is 53.8 Å². The molecule has 1 aliphatic heterocycles. The molecule has 1 heterocycles. The Morgan fingerprint density at radius 1 is 1.15 bits per heavy atom. The van der Waals surface area contributed by atoms with E-state index < -0.39 is 17.5 Å². The number of halogens is 2. The number of rotatable bonds is 10. The molecule has 3 aromatic carbocycles. The summed E-state index contributed by atoms with van der Waals surface area (Å²) < 4.78 is 14.5. The summed E-state index contributed by atoms with van der Waals surface area (Å²) in [7, 11) is 1.87. The number of amides is 2. The lowest BCUT2D eigenvalue weighted by atomic mass is 9.72. The molecule has 0 saturated carbocycles. The van der Waals surface area contributed by atoms with E-state index >= 15 is 0 Å². The largest absolute Gasteiger partial charge is 0.465 e. The third kappa shape index (κ3) is 7.25. The van der Waals surface area contributed by atoms with E-state index in [2.05, 4.69) is 10.6 Å². The zero-order chi connectivity index (χ0) is 29.6. The minimum atomic E-state index is -1.46. The number of hydrogen-bond acceptors (Lipinski definition) is 4. The Morgan fingerprint density at radius 3 is 2.59 bits per heavy atom. The fourth-order valence-corrected chi connectivity index (χ4v) is 6.16. The SMILES string of the molecule is CNCc1ccc(C(=O)N2CCC[C@@H](C(O)(CCCNC(=O)O)c3cccc(Cl)c3-c3cc(C)cc(F)c3)C2)cc1. The molecule has 1 aliphatic rings. The van der Waals surface area contributed by atoms with Crippen LogP contribution in [0.1, 0.15) is 52.7 Å². The second kappa shape index (κ2) is 13.5. The minimum absolute atomic E-state index is 0.104. The van der Waals surface area contributed by atoms with Gasteiger partial charge < -0.3 is 25.7 Å². The van der Waals surface area contributed by atoms with Gasteiger partial charge in [0.1, 0.15) is 5.82 Å². The molecule has 0 aromatic heterocycles. The van der Waals surface area contributed by atoms with Gasteiger partial charge in [0, 0.05) is 48.2 Å². The number of hydrogen-bond donors (Lipinski definition) is 4. The zero-order valence-corrected chi connectivity index (χ0v) is 24.2. The predicted molar refractivity (Wildman–Crippen MR) is 159 cm³/mol. The van der Waals surface area contributed by atoms with Crippen LogP contribution in [0.5, 0.6) is 0 Å². The van der Waals surface area contributed by atoms with E-state index in [-0.39, 0.29) is 24.8 Å². The van der Waals surface area contributed by atoms with Crippen molar-refractivity contribution in [2.75, 3.05) is 26.7 Å². The van der Waals surface area contributed by atoms with Crippen LogP contribution in [0.4, 0.5) is 9.18 Å². The van der Waals surface area contributed by atoms with Gasteiger partial charge in [-0.1, -0.05) is 41.9 Å². The summed E-state index contributed by atoms with van der Waals surface area (Å²) in [5, 5.41) is 27.5. The van der Waals surface area contributed by atoms with Crippen LogP contribution in [0.25, 0.3) is 11.1 Å². The molecule has 0 bridgehead atoms. The summed E-state index contributed by atoms with van der Waals surface area (Å²) in [5.41, 5.74) is 2.54. The number of nitrogens with zero attached hydrogens (tertiary/aromatic N) is 1. The third-order valence-electron chi connectivity index (χ3n) is 7.79. The van der Waals surface area contributed by atoms with Crippen LogP contribution in [0.2, 0.25) is 5.02 Å². The first-order valence-electron chi connectivity index (χ1n) is 13.9. The highest BCUT2D eigenvalue weighted by Crippen LogP contribution is 2.46. The average molecular weight is 582 g/mol. The second-order valence-corrected chi connectivity index (χ2v) is 11.2. The molecular formula is C32H37ClFN3O4. The first kappa shape index (κ1) is 30.5. The van der Waals surface area contributed by atoms with Gasteiger partial charge in [-0.05, 0) is 92.2 Å². The first-order chi connectivity index (χ1) is 19.6. The Labute approximate surface area is 245 Å². The Kier molecular flexibility index (Phi) is 10.0. The third-order valence-corrected chi connectivity index (χ3v) is 8.10. The molecule has 218 valence electrons. The van der Waals surface area contributed by atoms with Gasteiger partial charge in [0.15, 0.2) is 0 Å². The lowest BCUT2D eigenvalue weighted by Crippen LogP contribution is -2.48. The number of aryl methyl sites for hydroxylation is 1. The number of piperidine rings is 1. The van der Waals surface area contributed by atoms with Gasteiger partial charge in [-0.2, -0.15) is 0 Å². The Bertz CT molecular complexity index is 1360. The molecule has 41 heavy (non-hydrogen) atoms. The maximum absolute atomic E-state index is 14.5. The normalized spacial score (nSPS) is 16.7. The summed E-state index contributed by atoms with van der Waals surface area (Å²) >= 11 is 6.72. The highest BCUT2D eigenvalue weighted by molar-refractivity contribution is 6.33. The summed E-state index contributed by atoms with van der Waals surface area (Å²) in [6.07, 6.45) is 0.789. The fourth-order valence-electron chi connectivity index (χ4n) is 5.87. The highest BCUT2D eigenvalue weighted by Gasteiger charge is 2.43. The van der Waals surface area contributed by atoms with E-state index in [0.29, 0.717) is 66.2 Å². The van der Waals surface area contributed by atoms with E-state index in [1.165, 1.54) is 12.1 Å². The number of carbonyl (C=O) groups excluding carboxylic acids is 1. The fraction of sp³-hybridized carbons (Fsp3) is 0.375. The number of carbonyl (C=O) groups is 2. The molecule has 0 radical (unpaired) electrons. The topological polar surface area (TPSA) is 102 Å². The Morgan fingerprint density at radius 2 is 1.90 bits per heavy atom. The van der Waals surface area contributed by atoms with Crippen molar-refractivity contribution in [2.45, 2.75) is 44.8 Å². The lowest BCUT2D eigenvalue weighted by molar-refractivity contribution is -0.0563.